The Morgan fingerprint density at radius 1 is 1.35 bits per heavy atom. The molecule has 0 aromatic heterocycles. The minimum absolute atomic E-state index is 0.0728. The van der Waals surface area contributed by atoms with Crippen LogP contribution in [0.1, 0.15) is 24.9 Å². The molecule has 0 aliphatic carbocycles. The molecule has 0 spiro atoms. The molecule has 4 heteroatoms. The number of benzene rings is 1. The molecule has 2 unspecified atom stereocenters. The van der Waals surface area contributed by atoms with Gasteiger partial charge in [-0.15, -0.1) is 0 Å². The summed E-state index contributed by atoms with van der Waals surface area (Å²) in [5, 5.41) is 8.88. The summed E-state index contributed by atoms with van der Waals surface area (Å²) in [5.41, 5.74) is 1.15. The summed E-state index contributed by atoms with van der Waals surface area (Å²) in [6, 6.07) is 8.16. The van der Waals surface area contributed by atoms with Crippen LogP contribution in [0.5, 0.6) is 0 Å². The van der Waals surface area contributed by atoms with Gasteiger partial charge in [0.1, 0.15) is 0 Å². The first kappa shape index (κ1) is 14.2. The van der Waals surface area contributed by atoms with Gasteiger partial charge in [-0.25, -0.2) is 0 Å². The molecule has 0 saturated heterocycles. The highest BCUT2D eigenvalue weighted by Crippen LogP contribution is 2.29. The van der Waals surface area contributed by atoms with Crippen molar-refractivity contribution in [1.29, 1.82) is 0 Å². The van der Waals surface area contributed by atoms with Crippen molar-refractivity contribution in [2.75, 3.05) is 14.1 Å². The van der Waals surface area contributed by atoms with E-state index in [1.54, 1.807) is 0 Å². The molecule has 0 aliphatic rings. The van der Waals surface area contributed by atoms with Crippen LogP contribution in [0.2, 0.25) is 0 Å². The predicted molar refractivity (Wildman–Crippen MR) is 72.0 cm³/mol. The van der Waals surface area contributed by atoms with Crippen LogP contribution in [0, 0.1) is 5.92 Å². The van der Waals surface area contributed by atoms with E-state index in [1.165, 1.54) is 0 Å². The molecule has 1 aromatic rings. The van der Waals surface area contributed by atoms with Gasteiger partial charge >= 0.3 is 5.97 Å². The lowest BCUT2D eigenvalue weighted by Gasteiger charge is -2.29. The number of nitrogens with zero attached hydrogens (tertiary/aromatic N) is 1. The smallest absolute Gasteiger partial charge is 0.303 e. The molecule has 0 bridgehead atoms. The van der Waals surface area contributed by atoms with E-state index in [4.69, 9.17) is 5.11 Å². The van der Waals surface area contributed by atoms with Crippen molar-refractivity contribution >= 4 is 21.9 Å². The highest BCUT2D eigenvalue weighted by atomic mass is 79.9. The number of hydrogen-bond donors (Lipinski definition) is 1. The third-order valence-electron chi connectivity index (χ3n) is 2.80. The Bertz CT molecular complexity index is 376. The van der Waals surface area contributed by atoms with E-state index in [1.807, 2.05) is 45.3 Å². The minimum Gasteiger partial charge on any atom is -0.481 e. The molecule has 0 saturated carbocycles. The molecule has 0 aliphatic heterocycles. The van der Waals surface area contributed by atoms with E-state index in [0.29, 0.717) is 0 Å². The fraction of sp³-hybridized carbons (Fsp3) is 0.462. The molecule has 1 rings (SSSR count). The molecular weight excluding hydrogens is 282 g/mol. The Labute approximate surface area is 111 Å². The maximum atomic E-state index is 10.8. The maximum Gasteiger partial charge on any atom is 0.303 e. The molecule has 94 valence electrons. The average Bonchev–Trinajstić information content (AvgIpc) is 2.19. The topological polar surface area (TPSA) is 40.5 Å². The molecule has 0 radical (unpaired) electrons. The van der Waals surface area contributed by atoms with Gasteiger partial charge in [-0.05, 0) is 37.7 Å². The van der Waals surface area contributed by atoms with E-state index < -0.39 is 5.97 Å². The lowest BCUT2D eigenvalue weighted by molar-refractivity contribution is -0.138. The first-order valence-corrected chi connectivity index (χ1v) is 6.34. The third-order valence-corrected chi connectivity index (χ3v) is 3.33. The summed E-state index contributed by atoms with van der Waals surface area (Å²) in [6.07, 6.45) is 0.179. The largest absolute Gasteiger partial charge is 0.481 e. The van der Waals surface area contributed by atoms with Crippen LogP contribution in [-0.2, 0) is 4.79 Å². The van der Waals surface area contributed by atoms with Crippen LogP contribution in [0.3, 0.4) is 0 Å². The SMILES string of the molecule is CC(CC(=O)O)C(c1ccc(Br)cc1)N(C)C. The van der Waals surface area contributed by atoms with Gasteiger partial charge in [0.15, 0.2) is 0 Å². The van der Waals surface area contributed by atoms with Gasteiger partial charge in [-0.3, -0.25) is 4.79 Å². The van der Waals surface area contributed by atoms with Crippen molar-refractivity contribution < 1.29 is 9.90 Å². The maximum absolute atomic E-state index is 10.8. The second kappa shape index (κ2) is 6.17. The normalized spacial score (nSPS) is 14.6. The first-order valence-electron chi connectivity index (χ1n) is 5.55. The molecule has 17 heavy (non-hydrogen) atoms. The van der Waals surface area contributed by atoms with Crippen LogP contribution in [0.4, 0.5) is 0 Å². The number of aliphatic carboxylic acids is 1. The molecular formula is C13H18BrNO2. The number of halogens is 1. The molecule has 0 heterocycles. The first-order chi connectivity index (χ1) is 7.91. The van der Waals surface area contributed by atoms with Gasteiger partial charge in [0.25, 0.3) is 0 Å². The fourth-order valence-electron chi connectivity index (χ4n) is 2.18. The van der Waals surface area contributed by atoms with Crippen LogP contribution in [-0.4, -0.2) is 30.1 Å². The quantitative estimate of drug-likeness (QED) is 0.908. The van der Waals surface area contributed by atoms with Crippen molar-refractivity contribution in [2.45, 2.75) is 19.4 Å². The highest BCUT2D eigenvalue weighted by Gasteiger charge is 2.23. The van der Waals surface area contributed by atoms with Crippen molar-refractivity contribution in [2.24, 2.45) is 5.92 Å². The molecule has 0 amide bonds. The summed E-state index contributed by atoms with van der Waals surface area (Å²) in [7, 11) is 3.95. The zero-order valence-electron chi connectivity index (χ0n) is 10.4. The number of carboxylic acid groups (broad SMARTS) is 1. The van der Waals surface area contributed by atoms with E-state index in [-0.39, 0.29) is 18.4 Å². The van der Waals surface area contributed by atoms with Crippen molar-refractivity contribution in [3.05, 3.63) is 34.3 Å². The monoisotopic (exact) mass is 299 g/mol. The van der Waals surface area contributed by atoms with E-state index >= 15 is 0 Å². The summed E-state index contributed by atoms with van der Waals surface area (Å²) < 4.78 is 1.03. The second-order valence-electron chi connectivity index (χ2n) is 4.54. The van der Waals surface area contributed by atoms with Crippen molar-refractivity contribution in [3.63, 3.8) is 0 Å². The fourth-order valence-corrected chi connectivity index (χ4v) is 2.45. The number of rotatable bonds is 5. The van der Waals surface area contributed by atoms with Gasteiger partial charge in [0, 0.05) is 16.9 Å². The zero-order valence-corrected chi connectivity index (χ0v) is 11.9. The summed E-state index contributed by atoms with van der Waals surface area (Å²) in [6.45, 7) is 1.97. The van der Waals surface area contributed by atoms with E-state index in [9.17, 15) is 4.79 Å². The van der Waals surface area contributed by atoms with Crippen LogP contribution < -0.4 is 0 Å². The van der Waals surface area contributed by atoms with Crippen LogP contribution >= 0.6 is 15.9 Å². The summed E-state index contributed by atoms with van der Waals surface area (Å²) >= 11 is 3.40. The van der Waals surface area contributed by atoms with E-state index in [2.05, 4.69) is 20.8 Å². The molecule has 0 fully saturated rings. The Kier molecular flexibility index (Phi) is 5.15. The Balaban J connectivity index is 2.92. The van der Waals surface area contributed by atoms with Gasteiger partial charge < -0.3 is 10.0 Å². The molecule has 3 nitrogen and oxygen atoms in total. The Morgan fingerprint density at radius 2 is 1.88 bits per heavy atom. The minimum atomic E-state index is -0.749. The third kappa shape index (κ3) is 4.13. The number of carbonyl (C=O) groups is 1. The molecule has 2 atom stereocenters. The molecule has 1 aromatic carbocycles. The van der Waals surface area contributed by atoms with Gasteiger partial charge in [0.05, 0.1) is 0 Å². The number of hydrogen-bond acceptors (Lipinski definition) is 2. The standard InChI is InChI=1S/C13H18BrNO2/c1-9(8-12(16)17)13(15(2)3)10-4-6-11(14)7-5-10/h4-7,9,13H,8H2,1-3H3,(H,16,17). The van der Waals surface area contributed by atoms with Gasteiger partial charge in [0.2, 0.25) is 0 Å². The van der Waals surface area contributed by atoms with Gasteiger partial charge in [-0.1, -0.05) is 35.0 Å². The van der Waals surface area contributed by atoms with E-state index in [0.717, 1.165) is 10.0 Å². The van der Waals surface area contributed by atoms with Crippen LogP contribution in [0.25, 0.3) is 0 Å². The summed E-state index contributed by atoms with van der Waals surface area (Å²) in [4.78, 5) is 12.9. The molecule has 1 N–H and O–H groups in total. The predicted octanol–water partition coefficient (Wildman–Crippen LogP) is 3.16. The van der Waals surface area contributed by atoms with Crippen LogP contribution in [0.15, 0.2) is 28.7 Å². The lowest BCUT2D eigenvalue weighted by Crippen LogP contribution is -2.27. The van der Waals surface area contributed by atoms with Crippen molar-refractivity contribution in [1.82, 2.24) is 4.90 Å². The average molecular weight is 300 g/mol. The zero-order chi connectivity index (χ0) is 13.0. The Morgan fingerprint density at radius 3 is 2.29 bits per heavy atom. The summed E-state index contributed by atoms with van der Waals surface area (Å²) in [5.74, 6) is -0.676. The second-order valence-corrected chi connectivity index (χ2v) is 5.45. The van der Waals surface area contributed by atoms with Gasteiger partial charge in [-0.2, -0.15) is 0 Å². The lowest BCUT2D eigenvalue weighted by atomic mass is 9.91. The Hall–Kier alpha value is -0.870. The number of carboxylic acids is 1. The highest BCUT2D eigenvalue weighted by molar-refractivity contribution is 9.10. The van der Waals surface area contributed by atoms with Crippen molar-refractivity contribution in [3.8, 4) is 0 Å².